The molecule has 1 aliphatic rings. The van der Waals surface area contributed by atoms with Crippen LogP contribution in [-0.2, 0) is 6.54 Å². The molecule has 3 nitrogen and oxygen atoms in total. The first kappa shape index (κ1) is 12.0. The van der Waals surface area contributed by atoms with Crippen LogP contribution in [-0.4, -0.2) is 22.2 Å². The van der Waals surface area contributed by atoms with Crippen molar-refractivity contribution in [3.05, 3.63) is 15.6 Å². The first-order chi connectivity index (χ1) is 7.41. The third-order valence-corrected chi connectivity index (χ3v) is 4.86. The van der Waals surface area contributed by atoms with E-state index in [1.807, 2.05) is 6.92 Å². The fraction of sp³-hybridized carbons (Fsp3) is 0.750. The van der Waals surface area contributed by atoms with Crippen LogP contribution in [0.5, 0.6) is 0 Å². The molecule has 0 radical (unpaired) electrons. The molecular weight excluding hydrogens is 220 g/mol. The largest absolute Gasteiger partial charge is 0.392 e. The molecular formula is C12H20N2OS. The van der Waals surface area contributed by atoms with Crippen molar-refractivity contribution in [2.75, 3.05) is 0 Å². The van der Waals surface area contributed by atoms with E-state index in [1.165, 1.54) is 4.88 Å². The number of hydrogen-bond donors (Lipinski definition) is 2. The Balaban J connectivity index is 1.89. The standard InChI is InChI=1S/C12H20N2OS/c1-7-8(2)16-11(14-7)6-13-9-5-10(15)12(9,3)4/h9-10,13,15H,5-6H2,1-4H3. The molecule has 2 rings (SSSR count). The van der Waals surface area contributed by atoms with Crippen molar-refractivity contribution in [3.8, 4) is 0 Å². The van der Waals surface area contributed by atoms with Crippen LogP contribution in [0.25, 0.3) is 0 Å². The number of rotatable bonds is 3. The van der Waals surface area contributed by atoms with Crippen molar-refractivity contribution >= 4 is 11.3 Å². The van der Waals surface area contributed by atoms with Gasteiger partial charge in [-0.3, -0.25) is 0 Å². The summed E-state index contributed by atoms with van der Waals surface area (Å²) in [5, 5.41) is 14.3. The summed E-state index contributed by atoms with van der Waals surface area (Å²) in [5.74, 6) is 0. The van der Waals surface area contributed by atoms with Gasteiger partial charge in [-0.15, -0.1) is 11.3 Å². The molecule has 1 saturated carbocycles. The Labute approximate surface area is 101 Å². The average molecular weight is 240 g/mol. The van der Waals surface area contributed by atoms with Crippen LogP contribution in [0, 0.1) is 19.3 Å². The highest BCUT2D eigenvalue weighted by atomic mass is 32.1. The Hall–Kier alpha value is -0.450. The SMILES string of the molecule is Cc1nc(CNC2CC(O)C2(C)C)sc1C. The van der Waals surface area contributed by atoms with Crippen LogP contribution < -0.4 is 5.32 Å². The number of aromatic nitrogens is 1. The summed E-state index contributed by atoms with van der Waals surface area (Å²) < 4.78 is 0. The lowest BCUT2D eigenvalue weighted by Gasteiger charge is -2.49. The van der Waals surface area contributed by atoms with Crippen molar-refractivity contribution in [1.29, 1.82) is 0 Å². The van der Waals surface area contributed by atoms with E-state index in [9.17, 15) is 5.11 Å². The van der Waals surface area contributed by atoms with E-state index in [2.05, 4.69) is 31.1 Å². The van der Waals surface area contributed by atoms with E-state index in [0.717, 1.165) is 23.7 Å². The lowest BCUT2D eigenvalue weighted by Crippen LogP contribution is -2.59. The van der Waals surface area contributed by atoms with Crippen molar-refractivity contribution in [2.45, 2.75) is 52.8 Å². The Bertz CT molecular complexity index is 367. The molecule has 4 heteroatoms. The second-order valence-corrected chi connectivity index (χ2v) is 6.54. The number of aliphatic hydroxyl groups is 1. The molecule has 1 aromatic rings. The molecule has 2 atom stereocenters. The lowest BCUT2D eigenvalue weighted by molar-refractivity contribution is -0.0729. The van der Waals surface area contributed by atoms with Gasteiger partial charge in [-0.1, -0.05) is 13.8 Å². The second kappa shape index (κ2) is 4.09. The maximum atomic E-state index is 9.64. The highest BCUT2D eigenvalue weighted by molar-refractivity contribution is 7.11. The van der Waals surface area contributed by atoms with Crippen LogP contribution >= 0.6 is 11.3 Å². The summed E-state index contributed by atoms with van der Waals surface area (Å²) in [6.45, 7) is 9.19. The van der Waals surface area contributed by atoms with Crippen LogP contribution in [0.1, 0.15) is 35.8 Å². The fourth-order valence-corrected chi connectivity index (χ4v) is 2.96. The molecule has 2 unspecified atom stereocenters. The minimum Gasteiger partial charge on any atom is -0.392 e. The number of hydrogen-bond acceptors (Lipinski definition) is 4. The molecule has 1 heterocycles. The number of nitrogens with one attached hydrogen (secondary N) is 1. The van der Waals surface area contributed by atoms with E-state index < -0.39 is 0 Å². The summed E-state index contributed by atoms with van der Waals surface area (Å²) in [7, 11) is 0. The van der Waals surface area contributed by atoms with E-state index in [-0.39, 0.29) is 11.5 Å². The monoisotopic (exact) mass is 240 g/mol. The fourth-order valence-electron chi connectivity index (χ4n) is 2.07. The molecule has 0 aliphatic heterocycles. The third-order valence-electron chi connectivity index (χ3n) is 3.79. The number of thiazole rings is 1. The Kier molecular flexibility index (Phi) is 3.07. The first-order valence-electron chi connectivity index (χ1n) is 5.75. The van der Waals surface area contributed by atoms with Gasteiger partial charge in [0.15, 0.2) is 0 Å². The minimum absolute atomic E-state index is 0.00134. The predicted molar refractivity (Wildman–Crippen MR) is 66.6 cm³/mol. The van der Waals surface area contributed by atoms with Crippen molar-refractivity contribution in [2.24, 2.45) is 5.41 Å². The highest BCUT2D eigenvalue weighted by Crippen LogP contribution is 2.40. The topological polar surface area (TPSA) is 45.2 Å². The summed E-state index contributed by atoms with van der Waals surface area (Å²) in [6, 6.07) is 0.409. The summed E-state index contributed by atoms with van der Waals surface area (Å²) in [5.41, 5.74) is 1.14. The maximum absolute atomic E-state index is 9.64. The molecule has 16 heavy (non-hydrogen) atoms. The van der Waals surface area contributed by atoms with Gasteiger partial charge in [-0.25, -0.2) is 4.98 Å². The van der Waals surface area contributed by atoms with Gasteiger partial charge >= 0.3 is 0 Å². The van der Waals surface area contributed by atoms with Gasteiger partial charge in [0.05, 0.1) is 11.8 Å². The molecule has 1 aromatic heterocycles. The quantitative estimate of drug-likeness (QED) is 0.849. The second-order valence-electron chi connectivity index (χ2n) is 5.26. The van der Waals surface area contributed by atoms with Crippen LogP contribution in [0.15, 0.2) is 0 Å². The molecule has 0 aromatic carbocycles. The number of aliphatic hydroxyl groups excluding tert-OH is 1. The average Bonchev–Trinajstić information content (AvgIpc) is 2.53. The molecule has 2 N–H and O–H groups in total. The molecule has 1 aliphatic carbocycles. The molecule has 1 fully saturated rings. The highest BCUT2D eigenvalue weighted by Gasteiger charge is 2.46. The zero-order valence-electron chi connectivity index (χ0n) is 10.4. The van der Waals surface area contributed by atoms with Crippen LogP contribution in [0.2, 0.25) is 0 Å². The molecule has 0 amide bonds. The van der Waals surface area contributed by atoms with E-state index in [0.29, 0.717) is 6.04 Å². The van der Waals surface area contributed by atoms with Gasteiger partial charge in [-0.05, 0) is 20.3 Å². The van der Waals surface area contributed by atoms with E-state index in [1.54, 1.807) is 11.3 Å². The van der Waals surface area contributed by atoms with Crippen molar-refractivity contribution in [3.63, 3.8) is 0 Å². The van der Waals surface area contributed by atoms with Gasteiger partial charge in [0.1, 0.15) is 5.01 Å². The Morgan fingerprint density at radius 2 is 2.19 bits per heavy atom. The predicted octanol–water partition coefficient (Wildman–Crippen LogP) is 2.01. The Morgan fingerprint density at radius 1 is 1.50 bits per heavy atom. The van der Waals surface area contributed by atoms with Crippen LogP contribution in [0.3, 0.4) is 0 Å². The van der Waals surface area contributed by atoms with Crippen molar-refractivity contribution in [1.82, 2.24) is 10.3 Å². The number of nitrogens with zero attached hydrogens (tertiary/aromatic N) is 1. The summed E-state index contributed by atoms with van der Waals surface area (Å²) in [6.07, 6.45) is 0.695. The third kappa shape index (κ3) is 2.01. The van der Waals surface area contributed by atoms with Gasteiger partial charge < -0.3 is 10.4 Å². The van der Waals surface area contributed by atoms with E-state index in [4.69, 9.17) is 0 Å². The van der Waals surface area contributed by atoms with E-state index >= 15 is 0 Å². The lowest BCUT2D eigenvalue weighted by atomic mass is 9.64. The smallest absolute Gasteiger partial charge is 0.107 e. The van der Waals surface area contributed by atoms with Crippen molar-refractivity contribution < 1.29 is 5.11 Å². The normalized spacial score (nSPS) is 27.8. The van der Waals surface area contributed by atoms with Gasteiger partial charge in [0.25, 0.3) is 0 Å². The van der Waals surface area contributed by atoms with Gasteiger partial charge in [-0.2, -0.15) is 0 Å². The van der Waals surface area contributed by atoms with Crippen LogP contribution in [0.4, 0.5) is 0 Å². The van der Waals surface area contributed by atoms with Gasteiger partial charge in [0.2, 0.25) is 0 Å². The maximum Gasteiger partial charge on any atom is 0.107 e. The van der Waals surface area contributed by atoms with Gasteiger partial charge in [0, 0.05) is 22.9 Å². The summed E-state index contributed by atoms with van der Waals surface area (Å²) >= 11 is 1.76. The molecule has 0 saturated heterocycles. The first-order valence-corrected chi connectivity index (χ1v) is 6.57. The zero-order chi connectivity index (χ0) is 11.9. The Morgan fingerprint density at radius 3 is 2.62 bits per heavy atom. The number of aryl methyl sites for hydroxylation is 2. The molecule has 0 spiro atoms. The summed E-state index contributed by atoms with van der Waals surface area (Å²) in [4.78, 5) is 5.80. The minimum atomic E-state index is -0.162. The molecule has 0 bridgehead atoms. The zero-order valence-corrected chi connectivity index (χ0v) is 11.2. The molecule has 90 valence electrons.